The van der Waals surface area contributed by atoms with Gasteiger partial charge in [-0.25, -0.2) is 9.97 Å². The molecule has 0 unspecified atom stereocenters. The zero-order valence-corrected chi connectivity index (χ0v) is 15.6. The van der Waals surface area contributed by atoms with Crippen LogP contribution in [0.15, 0.2) is 47.4 Å². The molecule has 8 heteroatoms. The first-order valence-corrected chi connectivity index (χ1v) is 9.38. The maximum Gasteiger partial charge on any atom is 0.232 e. The molecule has 28 heavy (non-hydrogen) atoms. The van der Waals surface area contributed by atoms with E-state index in [9.17, 15) is 0 Å². The van der Waals surface area contributed by atoms with Crippen LogP contribution in [0, 0.1) is 0 Å². The van der Waals surface area contributed by atoms with Gasteiger partial charge >= 0.3 is 0 Å². The fourth-order valence-corrected chi connectivity index (χ4v) is 3.64. The van der Waals surface area contributed by atoms with Crippen LogP contribution >= 0.6 is 0 Å². The van der Waals surface area contributed by atoms with Crippen molar-refractivity contribution in [2.45, 2.75) is 18.9 Å². The standard InChI is InChI=1S/C20H21N7O/c1-26-7-4-15(5-8-26)27-12-14(11-24-27)13-9-16(18(21)23-10-13)20-25-19-17(28-20)3-2-6-22-19/h2-3,6,9-12,15H,4-5,7-8H2,1H3,(H2,21,23). The van der Waals surface area contributed by atoms with Gasteiger partial charge in [0, 0.05) is 29.7 Å². The van der Waals surface area contributed by atoms with Gasteiger partial charge in [0.2, 0.25) is 5.89 Å². The smallest absolute Gasteiger partial charge is 0.232 e. The predicted molar refractivity (Wildman–Crippen MR) is 106 cm³/mol. The van der Waals surface area contributed by atoms with Gasteiger partial charge in [0.05, 0.1) is 17.8 Å². The second-order valence-corrected chi connectivity index (χ2v) is 7.24. The van der Waals surface area contributed by atoms with Crippen molar-refractivity contribution >= 4 is 17.0 Å². The lowest BCUT2D eigenvalue weighted by Gasteiger charge is -2.28. The molecular formula is C20H21N7O. The van der Waals surface area contributed by atoms with Crippen LogP contribution in [-0.4, -0.2) is 49.8 Å². The number of nitrogens with zero attached hydrogens (tertiary/aromatic N) is 6. The molecule has 8 nitrogen and oxygen atoms in total. The minimum Gasteiger partial charge on any atom is -0.434 e. The van der Waals surface area contributed by atoms with E-state index in [0.29, 0.717) is 34.5 Å². The molecule has 0 aliphatic carbocycles. The minimum atomic E-state index is 0.373. The van der Waals surface area contributed by atoms with Crippen molar-refractivity contribution in [1.29, 1.82) is 0 Å². The van der Waals surface area contributed by atoms with Crippen LogP contribution in [0.25, 0.3) is 33.8 Å². The zero-order chi connectivity index (χ0) is 19.1. The molecule has 5 rings (SSSR count). The second-order valence-electron chi connectivity index (χ2n) is 7.24. The Kier molecular flexibility index (Phi) is 4.05. The number of nitrogen functional groups attached to an aromatic ring is 1. The molecular weight excluding hydrogens is 354 g/mol. The fraction of sp³-hybridized carbons (Fsp3) is 0.300. The van der Waals surface area contributed by atoms with Crippen LogP contribution in [0.2, 0.25) is 0 Å². The van der Waals surface area contributed by atoms with E-state index < -0.39 is 0 Å². The summed E-state index contributed by atoms with van der Waals surface area (Å²) in [7, 11) is 2.16. The normalized spacial score (nSPS) is 16.0. The average molecular weight is 375 g/mol. The molecule has 1 aliphatic heterocycles. The number of pyridine rings is 2. The van der Waals surface area contributed by atoms with Crippen molar-refractivity contribution in [3.63, 3.8) is 0 Å². The van der Waals surface area contributed by atoms with Gasteiger partial charge in [-0.1, -0.05) is 0 Å². The first-order valence-electron chi connectivity index (χ1n) is 9.38. The molecule has 0 aromatic carbocycles. The Balaban J connectivity index is 1.47. The van der Waals surface area contributed by atoms with Crippen LogP contribution in [0.1, 0.15) is 18.9 Å². The maximum absolute atomic E-state index is 6.10. The maximum atomic E-state index is 6.10. The highest BCUT2D eigenvalue weighted by atomic mass is 16.3. The van der Waals surface area contributed by atoms with Gasteiger partial charge < -0.3 is 15.1 Å². The van der Waals surface area contributed by atoms with Gasteiger partial charge in [-0.2, -0.15) is 10.1 Å². The largest absolute Gasteiger partial charge is 0.434 e. The Morgan fingerprint density at radius 3 is 2.82 bits per heavy atom. The van der Waals surface area contributed by atoms with Crippen molar-refractivity contribution in [2.24, 2.45) is 0 Å². The van der Waals surface area contributed by atoms with E-state index in [4.69, 9.17) is 10.2 Å². The Bertz CT molecular complexity index is 1090. The van der Waals surface area contributed by atoms with E-state index in [2.05, 4.69) is 42.9 Å². The van der Waals surface area contributed by atoms with E-state index in [1.54, 1.807) is 12.4 Å². The van der Waals surface area contributed by atoms with Crippen molar-refractivity contribution in [1.82, 2.24) is 29.6 Å². The monoisotopic (exact) mass is 375 g/mol. The van der Waals surface area contributed by atoms with Gasteiger partial charge in [-0.15, -0.1) is 0 Å². The fourth-order valence-electron chi connectivity index (χ4n) is 3.64. The molecule has 1 aliphatic rings. The predicted octanol–water partition coefficient (Wildman–Crippen LogP) is 3.00. The number of likely N-dealkylation sites (tertiary alicyclic amines) is 1. The number of aromatic nitrogens is 5. The van der Waals surface area contributed by atoms with E-state index in [1.807, 2.05) is 24.4 Å². The number of piperidine rings is 1. The summed E-state index contributed by atoms with van der Waals surface area (Å²) in [6, 6.07) is 6.03. The van der Waals surface area contributed by atoms with E-state index >= 15 is 0 Å². The van der Waals surface area contributed by atoms with Gasteiger partial charge in [0.25, 0.3) is 0 Å². The Labute approximate surface area is 162 Å². The number of oxazole rings is 1. The van der Waals surface area contributed by atoms with Gasteiger partial charge in [0.15, 0.2) is 11.2 Å². The van der Waals surface area contributed by atoms with Gasteiger partial charge in [-0.3, -0.25) is 4.68 Å². The molecule has 0 amide bonds. The van der Waals surface area contributed by atoms with E-state index in [1.165, 1.54) is 0 Å². The summed E-state index contributed by atoms with van der Waals surface area (Å²) < 4.78 is 7.89. The van der Waals surface area contributed by atoms with Gasteiger partial charge in [0.1, 0.15) is 5.82 Å². The summed E-state index contributed by atoms with van der Waals surface area (Å²) in [5.41, 5.74) is 9.86. The Morgan fingerprint density at radius 2 is 2.00 bits per heavy atom. The molecule has 2 N–H and O–H groups in total. The molecule has 0 radical (unpaired) electrons. The summed E-state index contributed by atoms with van der Waals surface area (Å²) in [5, 5.41) is 4.59. The minimum absolute atomic E-state index is 0.373. The van der Waals surface area contributed by atoms with Crippen molar-refractivity contribution in [3.05, 3.63) is 43.0 Å². The molecule has 4 aromatic heterocycles. The lowest BCUT2D eigenvalue weighted by atomic mass is 10.1. The lowest BCUT2D eigenvalue weighted by Crippen LogP contribution is -2.31. The summed E-state index contributed by atoms with van der Waals surface area (Å²) in [6.07, 6.45) is 9.63. The second kappa shape index (κ2) is 6.72. The Hall–Kier alpha value is -3.26. The molecule has 1 fully saturated rings. The first-order chi connectivity index (χ1) is 13.7. The average Bonchev–Trinajstić information content (AvgIpc) is 3.36. The molecule has 1 saturated heterocycles. The number of fused-ring (bicyclic) bond motifs is 1. The number of rotatable bonds is 3. The lowest BCUT2D eigenvalue weighted by molar-refractivity contribution is 0.212. The number of nitrogens with two attached hydrogens (primary N) is 1. The van der Waals surface area contributed by atoms with Crippen LogP contribution in [-0.2, 0) is 0 Å². The zero-order valence-electron chi connectivity index (χ0n) is 15.6. The summed E-state index contributed by atoms with van der Waals surface area (Å²) in [6.45, 7) is 2.19. The molecule has 0 spiro atoms. The van der Waals surface area contributed by atoms with Crippen LogP contribution in [0.3, 0.4) is 0 Å². The van der Waals surface area contributed by atoms with E-state index in [-0.39, 0.29) is 0 Å². The summed E-state index contributed by atoms with van der Waals surface area (Å²) in [4.78, 5) is 15.4. The molecule has 142 valence electrons. The summed E-state index contributed by atoms with van der Waals surface area (Å²) in [5.74, 6) is 0.793. The molecule has 0 atom stereocenters. The van der Waals surface area contributed by atoms with Gasteiger partial charge in [-0.05, 0) is 51.2 Å². The molecule has 0 saturated carbocycles. The third-order valence-corrected chi connectivity index (χ3v) is 5.31. The molecule has 5 heterocycles. The van der Waals surface area contributed by atoms with Crippen molar-refractivity contribution in [3.8, 4) is 22.6 Å². The highest BCUT2D eigenvalue weighted by molar-refractivity contribution is 5.78. The number of hydrogen-bond acceptors (Lipinski definition) is 7. The Morgan fingerprint density at radius 1 is 1.14 bits per heavy atom. The first kappa shape index (κ1) is 16.9. The summed E-state index contributed by atoms with van der Waals surface area (Å²) >= 11 is 0. The molecule has 0 bridgehead atoms. The number of anilines is 1. The SMILES string of the molecule is CN1CCC(n2cc(-c3cnc(N)c(-c4nc5ncccc5o4)c3)cn2)CC1. The number of hydrogen-bond donors (Lipinski definition) is 1. The topological polar surface area (TPSA) is 98.9 Å². The quantitative estimate of drug-likeness (QED) is 0.587. The van der Waals surface area contributed by atoms with Crippen molar-refractivity contribution in [2.75, 3.05) is 25.9 Å². The van der Waals surface area contributed by atoms with Crippen LogP contribution < -0.4 is 5.73 Å². The molecule has 4 aromatic rings. The van der Waals surface area contributed by atoms with E-state index in [0.717, 1.165) is 37.1 Å². The van der Waals surface area contributed by atoms with Crippen LogP contribution in [0.4, 0.5) is 5.82 Å². The van der Waals surface area contributed by atoms with Crippen LogP contribution in [0.5, 0.6) is 0 Å². The van der Waals surface area contributed by atoms with Crippen molar-refractivity contribution < 1.29 is 4.42 Å². The third kappa shape index (κ3) is 3.01. The highest BCUT2D eigenvalue weighted by Gasteiger charge is 2.20. The third-order valence-electron chi connectivity index (χ3n) is 5.31. The highest BCUT2D eigenvalue weighted by Crippen LogP contribution is 2.31.